The highest BCUT2D eigenvalue weighted by Crippen LogP contribution is 2.22. The first-order valence-corrected chi connectivity index (χ1v) is 9.80. The molecule has 2 heterocycles. The van der Waals surface area contributed by atoms with Crippen LogP contribution in [0.2, 0.25) is 0 Å². The zero-order valence-corrected chi connectivity index (χ0v) is 16.6. The Morgan fingerprint density at radius 1 is 1.03 bits per heavy atom. The first-order chi connectivity index (χ1) is 14.5. The molecular weight excluding hydrogens is 382 g/mol. The van der Waals surface area contributed by atoms with E-state index in [-0.39, 0.29) is 11.8 Å². The standard InChI is InChI=1S/C22H23N5O3/c1-26-14-18(17-5-2-3-6-19(17)26)21(29)24-25-22(30)23-13-15-8-10-16(11-9-15)27-12-4-7-20(27)28/h2-3,5-6,8-11,14H,4,7,12-13H2,1H3,(H,24,29)(H2,23,25,30). The van der Waals surface area contributed by atoms with Gasteiger partial charge in [-0.05, 0) is 30.2 Å². The summed E-state index contributed by atoms with van der Waals surface area (Å²) < 4.78 is 1.86. The van der Waals surface area contributed by atoms with Crippen LogP contribution in [0.1, 0.15) is 28.8 Å². The number of anilines is 1. The lowest BCUT2D eigenvalue weighted by molar-refractivity contribution is -0.117. The minimum Gasteiger partial charge on any atom is -0.350 e. The average molecular weight is 405 g/mol. The van der Waals surface area contributed by atoms with Crippen molar-refractivity contribution in [1.82, 2.24) is 20.7 Å². The first-order valence-electron chi connectivity index (χ1n) is 9.80. The molecule has 0 aliphatic carbocycles. The molecule has 1 aliphatic heterocycles. The maximum atomic E-state index is 12.4. The number of amides is 4. The van der Waals surface area contributed by atoms with Gasteiger partial charge in [0, 0.05) is 49.3 Å². The van der Waals surface area contributed by atoms with Gasteiger partial charge in [-0.2, -0.15) is 0 Å². The molecule has 30 heavy (non-hydrogen) atoms. The van der Waals surface area contributed by atoms with E-state index in [9.17, 15) is 14.4 Å². The van der Waals surface area contributed by atoms with Crippen LogP contribution < -0.4 is 21.1 Å². The zero-order valence-electron chi connectivity index (χ0n) is 16.6. The molecule has 1 aliphatic rings. The van der Waals surface area contributed by atoms with E-state index < -0.39 is 6.03 Å². The second-order valence-corrected chi connectivity index (χ2v) is 7.25. The normalized spacial score (nSPS) is 13.5. The number of fused-ring (bicyclic) bond motifs is 1. The van der Waals surface area contributed by atoms with Crippen molar-refractivity contribution >= 4 is 34.4 Å². The number of nitrogens with one attached hydrogen (secondary N) is 3. The Morgan fingerprint density at radius 3 is 2.53 bits per heavy atom. The van der Waals surface area contributed by atoms with Crippen molar-refractivity contribution in [2.45, 2.75) is 19.4 Å². The molecule has 3 aromatic rings. The predicted molar refractivity (Wildman–Crippen MR) is 114 cm³/mol. The lowest BCUT2D eigenvalue weighted by atomic mass is 10.2. The van der Waals surface area contributed by atoms with Crippen LogP contribution in [0.3, 0.4) is 0 Å². The summed E-state index contributed by atoms with van der Waals surface area (Å²) in [6.07, 6.45) is 3.20. The SMILES string of the molecule is Cn1cc(C(=O)NNC(=O)NCc2ccc(N3CCCC3=O)cc2)c2ccccc21. The summed E-state index contributed by atoms with van der Waals surface area (Å²) in [6, 6.07) is 14.5. The molecule has 154 valence electrons. The van der Waals surface area contributed by atoms with Gasteiger partial charge in [-0.25, -0.2) is 10.2 Å². The van der Waals surface area contributed by atoms with Crippen LogP contribution in [0.25, 0.3) is 10.9 Å². The van der Waals surface area contributed by atoms with Crippen molar-refractivity contribution in [3.05, 3.63) is 65.9 Å². The minimum atomic E-state index is -0.512. The van der Waals surface area contributed by atoms with Gasteiger partial charge in [-0.1, -0.05) is 30.3 Å². The number of nitrogens with zero attached hydrogens (tertiary/aromatic N) is 2. The monoisotopic (exact) mass is 405 g/mol. The Hall–Kier alpha value is -3.81. The zero-order chi connectivity index (χ0) is 21.1. The third-order valence-electron chi connectivity index (χ3n) is 5.21. The van der Waals surface area contributed by atoms with E-state index in [2.05, 4.69) is 16.2 Å². The molecular formula is C22H23N5O3. The highest BCUT2D eigenvalue weighted by molar-refractivity contribution is 6.07. The van der Waals surface area contributed by atoms with Gasteiger partial charge in [-0.15, -0.1) is 0 Å². The minimum absolute atomic E-state index is 0.141. The van der Waals surface area contributed by atoms with Crippen LogP contribution in [0.5, 0.6) is 0 Å². The molecule has 1 fully saturated rings. The molecule has 2 aromatic carbocycles. The summed E-state index contributed by atoms with van der Waals surface area (Å²) in [4.78, 5) is 38.1. The van der Waals surface area contributed by atoms with Crippen molar-refractivity contribution in [1.29, 1.82) is 0 Å². The molecule has 1 saturated heterocycles. The topological polar surface area (TPSA) is 95.5 Å². The fourth-order valence-corrected chi connectivity index (χ4v) is 3.64. The molecule has 1 aromatic heterocycles. The molecule has 4 rings (SSSR count). The summed E-state index contributed by atoms with van der Waals surface area (Å²) in [5.74, 6) is -0.247. The smallest absolute Gasteiger partial charge is 0.333 e. The Labute approximate surface area is 173 Å². The quantitative estimate of drug-likeness (QED) is 0.582. The summed E-state index contributed by atoms with van der Waals surface area (Å²) >= 11 is 0. The molecule has 0 unspecified atom stereocenters. The summed E-state index contributed by atoms with van der Waals surface area (Å²) in [7, 11) is 1.87. The number of carbonyl (C=O) groups excluding carboxylic acids is 3. The highest BCUT2D eigenvalue weighted by Gasteiger charge is 2.21. The Morgan fingerprint density at radius 2 is 1.80 bits per heavy atom. The molecule has 0 saturated carbocycles. The summed E-state index contributed by atoms with van der Waals surface area (Å²) in [6.45, 7) is 1.04. The number of aryl methyl sites for hydroxylation is 1. The summed E-state index contributed by atoms with van der Waals surface area (Å²) in [5.41, 5.74) is 7.99. The number of hydrogen-bond acceptors (Lipinski definition) is 3. The van der Waals surface area contributed by atoms with Gasteiger partial charge in [0.2, 0.25) is 5.91 Å². The van der Waals surface area contributed by atoms with Gasteiger partial charge >= 0.3 is 6.03 Å². The van der Waals surface area contributed by atoms with E-state index in [1.807, 2.05) is 60.1 Å². The van der Waals surface area contributed by atoms with Gasteiger partial charge in [0.1, 0.15) is 0 Å². The van der Waals surface area contributed by atoms with Crippen LogP contribution in [-0.2, 0) is 18.4 Å². The lowest BCUT2D eigenvalue weighted by Crippen LogP contribution is -2.46. The molecule has 4 amide bonds. The van der Waals surface area contributed by atoms with E-state index in [0.29, 0.717) is 18.5 Å². The number of carbonyl (C=O) groups is 3. The molecule has 8 nitrogen and oxygen atoms in total. The van der Waals surface area contributed by atoms with Crippen LogP contribution in [-0.4, -0.2) is 29.0 Å². The number of urea groups is 1. The van der Waals surface area contributed by atoms with Gasteiger partial charge in [0.05, 0.1) is 5.56 Å². The van der Waals surface area contributed by atoms with Gasteiger partial charge in [0.15, 0.2) is 0 Å². The van der Waals surface area contributed by atoms with Gasteiger partial charge in [0.25, 0.3) is 5.91 Å². The van der Waals surface area contributed by atoms with E-state index in [1.54, 1.807) is 11.1 Å². The van der Waals surface area contributed by atoms with Crippen LogP contribution >= 0.6 is 0 Å². The van der Waals surface area contributed by atoms with Crippen molar-refractivity contribution in [3.8, 4) is 0 Å². The largest absolute Gasteiger partial charge is 0.350 e. The first kappa shape index (κ1) is 19.5. The fraction of sp³-hybridized carbons (Fsp3) is 0.227. The number of aromatic nitrogens is 1. The molecule has 8 heteroatoms. The van der Waals surface area contributed by atoms with Crippen molar-refractivity contribution < 1.29 is 14.4 Å². The Kier molecular flexibility index (Phi) is 5.38. The number of hydrazine groups is 1. The maximum Gasteiger partial charge on any atom is 0.333 e. The molecule has 0 spiro atoms. The average Bonchev–Trinajstić information content (AvgIpc) is 3.34. The van der Waals surface area contributed by atoms with Crippen molar-refractivity contribution in [2.24, 2.45) is 7.05 Å². The fourth-order valence-electron chi connectivity index (χ4n) is 3.64. The molecule has 0 bridgehead atoms. The van der Waals surface area contributed by atoms with E-state index >= 15 is 0 Å². The molecule has 0 atom stereocenters. The number of para-hydroxylation sites is 1. The maximum absolute atomic E-state index is 12.4. The highest BCUT2D eigenvalue weighted by atomic mass is 16.2. The van der Waals surface area contributed by atoms with E-state index in [0.717, 1.165) is 35.1 Å². The number of rotatable bonds is 4. The lowest BCUT2D eigenvalue weighted by Gasteiger charge is -2.16. The van der Waals surface area contributed by atoms with Gasteiger partial charge < -0.3 is 14.8 Å². The third kappa shape index (κ3) is 3.98. The third-order valence-corrected chi connectivity index (χ3v) is 5.21. The number of benzene rings is 2. The van der Waals surface area contributed by atoms with Gasteiger partial charge in [-0.3, -0.25) is 15.0 Å². The molecule has 0 radical (unpaired) electrons. The van der Waals surface area contributed by atoms with Crippen molar-refractivity contribution in [3.63, 3.8) is 0 Å². The van der Waals surface area contributed by atoms with E-state index in [1.165, 1.54) is 0 Å². The second kappa shape index (κ2) is 8.28. The predicted octanol–water partition coefficient (Wildman–Crippen LogP) is 2.45. The summed E-state index contributed by atoms with van der Waals surface area (Å²) in [5, 5.41) is 3.51. The van der Waals surface area contributed by atoms with Crippen molar-refractivity contribution in [2.75, 3.05) is 11.4 Å². The molecule has 3 N–H and O–H groups in total. The Balaban J connectivity index is 1.28. The van der Waals surface area contributed by atoms with Crippen LogP contribution in [0.15, 0.2) is 54.7 Å². The Bertz CT molecular complexity index is 1100. The second-order valence-electron chi connectivity index (χ2n) is 7.25. The van der Waals surface area contributed by atoms with E-state index in [4.69, 9.17) is 0 Å². The van der Waals surface area contributed by atoms with Crippen LogP contribution in [0.4, 0.5) is 10.5 Å². The van der Waals surface area contributed by atoms with Crippen LogP contribution in [0, 0.1) is 0 Å². The number of hydrogen-bond donors (Lipinski definition) is 3.